The van der Waals surface area contributed by atoms with Crippen LogP contribution < -0.4 is 19.9 Å². The van der Waals surface area contributed by atoms with E-state index in [1.807, 2.05) is 22.8 Å². The number of ketones is 1. The summed E-state index contributed by atoms with van der Waals surface area (Å²) in [5, 5.41) is 0.698. The van der Waals surface area contributed by atoms with Crippen LogP contribution in [0.3, 0.4) is 0 Å². The number of nitrogens with zero attached hydrogens (tertiary/aromatic N) is 2. The molecule has 32 heavy (non-hydrogen) atoms. The lowest BCUT2D eigenvalue weighted by atomic mass is 10.1. The van der Waals surface area contributed by atoms with Crippen molar-refractivity contribution < 1.29 is 23.8 Å². The zero-order valence-corrected chi connectivity index (χ0v) is 18.6. The molecule has 0 aliphatic rings. The maximum Gasteiger partial charge on any atom is 0.262 e. The summed E-state index contributed by atoms with van der Waals surface area (Å²) < 4.78 is 18.5. The molecule has 4 rings (SSSR count). The van der Waals surface area contributed by atoms with E-state index in [-0.39, 0.29) is 17.3 Å². The van der Waals surface area contributed by atoms with Crippen LogP contribution in [0.1, 0.15) is 32.5 Å². The number of imidazole rings is 1. The Kier molecular flexibility index (Phi) is 5.83. The quantitative estimate of drug-likeness (QED) is 0.406. The Labute approximate surface area is 188 Å². The molecule has 0 fully saturated rings. The maximum atomic E-state index is 12.1. The van der Waals surface area contributed by atoms with Crippen LogP contribution >= 0.6 is 11.3 Å². The summed E-state index contributed by atoms with van der Waals surface area (Å²) in [6, 6.07) is 12.5. The normalized spacial score (nSPS) is 10.8. The number of amides is 1. The molecule has 0 bridgehead atoms. The second-order valence-electron chi connectivity index (χ2n) is 6.95. The molecule has 2 aromatic heterocycles. The van der Waals surface area contributed by atoms with Crippen LogP contribution in [0.25, 0.3) is 16.0 Å². The van der Waals surface area contributed by atoms with E-state index < -0.39 is 5.91 Å². The molecule has 0 aliphatic carbocycles. The molecule has 2 aromatic carbocycles. The number of hydrogen-bond acceptors (Lipinski definition) is 7. The van der Waals surface area contributed by atoms with Crippen molar-refractivity contribution >= 4 is 34.1 Å². The van der Waals surface area contributed by atoms with Gasteiger partial charge in [0.25, 0.3) is 5.91 Å². The molecule has 4 aromatic rings. The van der Waals surface area contributed by atoms with Crippen LogP contribution in [0.15, 0.2) is 48.8 Å². The minimum Gasteiger partial charge on any atom is -0.493 e. The second-order valence-corrected chi connectivity index (χ2v) is 7.99. The molecule has 0 radical (unpaired) electrons. The molecular formula is C23H21N3O5S. The van der Waals surface area contributed by atoms with Gasteiger partial charge in [-0.1, -0.05) is 24.3 Å². The minimum absolute atomic E-state index is 0.0559. The second kappa shape index (κ2) is 8.72. The molecule has 2 N–H and O–H groups in total. The summed E-state index contributed by atoms with van der Waals surface area (Å²) in [6.07, 6.45) is 1.65. The van der Waals surface area contributed by atoms with Gasteiger partial charge < -0.3 is 19.9 Å². The van der Waals surface area contributed by atoms with Gasteiger partial charge in [0.15, 0.2) is 17.3 Å². The fraction of sp³-hybridized carbons (Fsp3) is 0.174. The van der Waals surface area contributed by atoms with Gasteiger partial charge in [0, 0.05) is 29.3 Å². The van der Waals surface area contributed by atoms with Crippen LogP contribution in [-0.2, 0) is 6.61 Å². The van der Waals surface area contributed by atoms with Crippen molar-refractivity contribution in [3.63, 3.8) is 0 Å². The molecule has 0 aliphatic heterocycles. The highest BCUT2D eigenvalue weighted by molar-refractivity contribution is 7.16. The first-order chi connectivity index (χ1) is 15.4. The average Bonchev–Trinajstić information content (AvgIpc) is 3.40. The Bertz CT molecular complexity index is 1320. The first-order valence-electron chi connectivity index (χ1n) is 9.67. The van der Waals surface area contributed by atoms with E-state index in [9.17, 15) is 9.59 Å². The molecule has 164 valence electrons. The number of primary amides is 1. The van der Waals surface area contributed by atoms with Gasteiger partial charge in [-0.15, -0.1) is 11.3 Å². The van der Waals surface area contributed by atoms with E-state index >= 15 is 0 Å². The third-order valence-corrected chi connectivity index (χ3v) is 6.11. The van der Waals surface area contributed by atoms with E-state index in [0.29, 0.717) is 33.3 Å². The van der Waals surface area contributed by atoms with Gasteiger partial charge in [-0.25, -0.2) is 4.98 Å². The lowest BCUT2D eigenvalue weighted by Crippen LogP contribution is -2.11. The molecule has 0 atom stereocenters. The van der Waals surface area contributed by atoms with Gasteiger partial charge in [0.1, 0.15) is 28.6 Å². The first kappa shape index (κ1) is 21.4. The number of benzene rings is 2. The van der Waals surface area contributed by atoms with Gasteiger partial charge in [-0.05, 0) is 6.92 Å². The predicted molar refractivity (Wildman–Crippen MR) is 121 cm³/mol. The third-order valence-electron chi connectivity index (χ3n) is 4.98. The minimum atomic E-state index is -0.597. The number of fused-ring (bicyclic) bond motifs is 1. The number of nitrogens with two attached hydrogens (primary N) is 1. The van der Waals surface area contributed by atoms with E-state index in [1.54, 1.807) is 44.8 Å². The van der Waals surface area contributed by atoms with Crippen molar-refractivity contribution in [1.82, 2.24) is 9.55 Å². The number of carbonyl (C=O) groups excluding carboxylic acids is 2. The number of thiophene rings is 1. The SMILES string of the molecule is COc1cc2ncn(-c3cc(OCc4ccccc4C(C)=O)c(C(N)=O)s3)c2cc1OC. The Balaban J connectivity index is 1.71. The van der Waals surface area contributed by atoms with E-state index in [0.717, 1.165) is 11.1 Å². The third kappa shape index (κ3) is 3.90. The summed E-state index contributed by atoms with van der Waals surface area (Å²) in [6.45, 7) is 1.63. The number of methoxy groups -OCH3 is 2. The van der Waals surface area contributed by atoms with Crippen molar-refractivity contribution in [2.45, 2.75) is 13.5 Å². The van der Waals surface area contributed by atoms with Gasteiger partial charge in [0.2, 0.25) is 0 Å². The zero-order chi connectivity index (χ0) is 22.8. The smallest absolute Gasteiger partial charge is 0.262 e. The predicted octanol–water partition coefficient (Wildman–Crippen LogP) is 3.98. The van der Waals surface area contributed by atoms with Gasteiger partial charge in [-0.3, -0.25) is 14.2 Å². The number of carbonyl (C=O) groups is 2. The number of rotatable bonds is 8. The van der Waals surface area contributed by atoms with Crippen molar-refractivity contribution in [2.75, 3.05) is 14.2 Å². The average molecular weight is 452 g/mol. The number of aromatic nitrogens is 2. The standard InChI is InChI=1S/C23H21N3O5S/c1-13(27)15-7-5-4-6-14(15)11-31-20-10-21(32-22(20)23(24)28)26-12-25-16-8-18(29-2)19(30-3)9-17(16)26/h4-10,12H,11H2,1-3H3,(H2,24,28). The molecule has 1 amide bonds. The van der Waals surface area contributed by atoms with Crippen LogP contribution in [0, 0.1) is 0 Å². The Morgan fingerprint density at radius 2 is 1.78 bits per heavy atom. The number of hydrogen-bond donors (Lipinski definition) is 1. The molecule has 2 heterocycles. The number of Topliss-reactive ketones (excluding diaryl/α,β-unsaturated/α-hetero) is 1. The Hall–Kier alpha value is -3.85. The van der Waals surface area contributed by atoms with Crippen LogP contribution in [-0.4, -0.2) is 35.5 Å². The molecule has 0 saturated heterocycles. The van der Waals surface area contributed by atoms with Crippen molar-refractivity contribution in [3.8, 4) is 22.2 Å². The van der Waals surface area contributed by atoms with Crippen molar-refractivity contribution in [1.29, 1.82) is 0 Å². The fourth-order valence-electron chi connectivity index (χ4n) is 3.42. The summed E-state index contributed by atoms with van der Waals surface area (Å²) >= 11 is 1.19. The largest absolute Gasteiger partial charge is 0.493 e. The summed E-state index contributed by atoms with van der Waals surface area (Å²) in [5.41, 5.74) is 8.38. The highest BCUT2D eigenvalue weighted by Gasteiger charge is 2.19. The van der Waals surface area contributed by atoms with E-state index in [1.165, 1.54) is 18.3 Å². The topological polar surface area (TPSA) is 106 Å². The Morgan fingerprint density at radius 3 is 2.47 bits per heavy atom. The highest BCUT2D eigenvalue weighted by atomic mass is 32.1. The highest BCUT2D eigenvalue weighted by Crippen LogP contribution is 2.37. The molecule has 0 unspecified atom stereocenters. The van der Waals surface area contributed by atoms with Gasteiger partial charge in [-0.2, -0.15) is 0 Å². The van der Waals surface area contributed by atoms with E-state index in [2.05, 4.69) is 4.98 Å². The molecule has 0 spiro atoms. The molecule has 8 nitrogen and oxygen atoms in total. The lowest BCUT2D eigenvalue weighted by molar-refractivity contribution is 0.0993. The van der Waals surface area contributed by atoms with Gasteiger partial charge >= 0.3 is 0 Å². The van der Waals surface area contributed by atoms with Crippen molar-refractivity contribution in [3.05, 3.63) is 64.8 Å². The number of ether oxygens (including phenoxy) is 3. The molecular weight excluding hydrogens is 430 g/mol. The van der Waals surface area contributed by atoms with Crippen molar-refractivity contribution in [2.24, 2.45) is 5.73 Å². The summed E-state index contributed by atoms with van der Waals surface area (Å²) in [5.74, 6) is 0.825. The van der Waals surface area contributed by atoms with E-state index in [4.69, 9.17) is 19.9 Å². The monoisotopic (exact) mass is 451 g/mol. The van der Waals surface area contributed by atoms with Crippen LogP contribution in [0.4, 0.5) is 0 Å². The summed E-state index contributed by atoms with van der Waals surface area (Å²) in [7, 11) is 3.12. The first-order valence-corrected chi connectivity index (χ1v) is 10.5. The summed E-state index contributed by atoms with van der Waals surface area (Å²) in [4.78, 5) is 28.7. The van der Waals surface area contributed by atoms with Gasteiger partial charge in [0.05, 0.1) is 25.3 Å². The zero-order valence-electron chi connectivity index (χ0n) is 17.7. The fourth-order valence-corrected chi connectivity index (χ4v) is 4.35. The molecule has 9 heteroatoms. The molecule has 0 saturated carbocycles. The Morgan fingerprint density at radius 1 is 1.06 bits per heavy atom. The lowest BCUT2D eigenvalue weighted by Gasteiger charge is -2.09. The maximum absolute atomic E-state index is 12.1. The van der Waals surface area contributed by atoms with Crippen LogP contribution in [0.5, 0.6) is 17.2 Å². The van der Waals surface area contributed by atoms with Crippen LogP contribution in [0.2, 0.25) is 0 Å².